The van der Waals surface area contributed by atoms with Crippen molar-refractivity contribution in [1.29, 1.82) is 0 Å². The molecule has 24 heavy (non-hydrogen) atoms. The standard InChI is InChI=1S/C19H27N3O2/c1-15-7-8-19(24-2)17(12-15)18(23)14-21-10-4-3-6-16(21)13-22-11-5-9-20-22/h5,7-9,11-12,16,18,23H,3-4,6,10,13-14H2,1-2H3/t16-,18-/m1/s1. The number of likely N-dealkylation sites (tertiary alicyclic amines) is 1. The number of methoxy groups -OCH3 is 1. The maximum Gasteiger partial charge on any atom is 0.124 e. The highest BCUT2D eigenvalue weighted by Crippen LogP contribution is 2.29. The van der Waals surface area contributed by atoms with Crippen LogP contribution in [0.1, 0.15) is 36.5 Å². The number of ether oxygens (including phenoxy) is 1. The van der Waals surface area contributed by atoms with E-state index in [-0.39, 0.29) is 0 Å². The lowest BCUT2D eigenvalue weighted by molar-refractivity contribution is 0.0579. The SMILES string of the molecule is COc1ccc(C)cc1[C@H](O)CN1CCCC[C@@H]1Cn1cccn1. The first-order chi connectivity index (χ1) is 11.7. The first kappa shape index (κ1) is 17.0. The van der Waals surface area contributed by atoms with E-state index in [2.05, 4.69) is 10.00 Å². The van der Waals surface area contributed by atoms with Gasteiger partial charge in [-0.15, -0.1) is 0 Å². The van der Waals surface area contributed by atoms with E-state index in [0.29, 0.717) is 12.6 Å². The number of rotatable bonds is 6. The molecule has 1 aliphatic rings. The Morgan fingerprint density at radius 3 is 3.00 bits per heavy atom. The van der Waals surface area contributed by atoms with Crippen LogP contribution in [0.2, 0.25) is 0 Å². The van der Waals surface area contributed by atoms with Crippen molar-refractivity contribution in [2.24, 2.45) is 0 Å². The molecule has 0 aliphatic carbocycles. The topological polar surface area (TPSA) is 50.5 Å². The highest BCUT2D eigenvalue weighted by atomic mass is 16.5. The molecule has 0 saturated carbocycles. The highest BCUT2D eigenvalue weighted by Gasteiger charge is 2.26. The molecule has 1 N–H and O–H groups in total. The lowest BCUT2D eigenvalue weighted by atomic mass is 9.99. The number of piperidine rings is 1. The fourth-order valence-electron chi connectivity index (χ4n) is 3.57. The molecule has 0 unspecified atom stereocenters. The van der Waals surface area contributed by atoms with Crippen LogP contribution in [0.15, 0.2) is 36.7 Å². The number of β-amino-alcohol motifs (C(OH)–C–C–N with tert-alkyl or cyclic N) is 1. The molecule has 130 valence electrons. The number of nitrogens with zero attached hydrogens (tertiary/aromatic N) is 3. The van der Waals surface area contributed by atoms with Gasteiger partial charge >= 0.3 is 0 Å². The second kappa shape index (κ2) is 7.81. The predicted molar refractivity (Wildman–Crippen MR) is 94.1 cm³/mol. The van der Waals surface area contributed by atoms with Gasteiger partial charge in [0.15, 0.2) is 0 Å². The summed E-state index contributed by atoms with van der Waals surface area (Å²) < 4.78 is 7.42. The van der Waals surface area contributed by atoms with E-state index in [9.17, 15) is 5.11 Å². The summed E-state index contributed by atoms with van der Waals surface area (Å²) in [5, 5.41) is 15.1. The minimum absolute atomic E-state index is 0.420. The monoisotopic (exact) mass is 329 g/mol. The van der Waals surface area contributed by atoms with Gasteiger partial charge in [0, 0.05) is 30.5 Å². The number of aliphatic hydroxyl groups excluding tert-OH is 1. The van der Waals surface area contributed by atoms with Crippen molar-refractivity contribution in [2.45, 2.75) is 44.9 Å². The fraction of sp³-hybridized carbons (Fsp3) is 0.526. The first-order valence-electron chi connectivity index (χ1n) is 8.71. The number of hydrogen-bond donors (Lipinski definition) is 1. The van der Waals surface area contributed by atoms with Crippen LogP contribution in [0, 0.1) is 6.92 Å². The van der Waals surface area contributed by atoms with Crippen LogP contribution >= 0.6 is 0 Å². The molecular formula is C19H27N3O2. The first-order valence-corrected chi connectivity index (χ1v) is 8.71. The molecule has 0 radical (unpaired) electrons. The van der Waals surface area contributed by atoms with Gasteiger partial charge < -0.3 is 9.84 Å². The summed E-state index contributed by atoms with van der Waals surface area (Å²) in [6.45, 7) is 4.57. The molecule has 1 aromatic heterocycles. The summed E-state index contributed by atoms with van der Waals surface area (Å²) in [6.07, 6.45) is 6.86. The van der Waals surface area contributed by atoms with E-state index in [1.165, 1.54) is 12.8 Å². The molecule has 1 saturated heterocycles. The number of aromatic nitrogens is 2. The van der Waals surface area contributed by atoms with Crippen molar-refractivity contribution >= 4 is 0 Å². The average molecular weight is 329 g/mol. The Labute approximate surface area is 143 Å². The molecule has 0 bridgehead atoms. The van der Waals surface area contributed by atoms with Crippen LogP contribution in [0.3, 0.4) is 0 Å². The lowest BCUT2D eigenvalue weighted by Crippen LogP contribution is -2.44. The van der Waals surface area contributed by atoms with Crippen molar-refractivity contribution in [2.75, 3.05) is 20.2 Å². The van der Waals surface area contributed by atoms with E-state index in [0.717, 1.165) is 36.4 Å². The van der Waals surface area contributed by atoms with Gasteiger partial charge in [-0.3, -0.25) is 9.58 Å². The quantitative estimate of drug-likeness (QED) is 0.885. The molecule has 0 spiro atoms. The summed E-state index contributed by atoms with van der Waals surface area (Å²) in [6, 6.07) is 8.35. The minimum Gasteiger partial charge on any atom is -0.496 e. The molecule has 1 aromatic carbocycles. The summed E-state index contributed by atoms with van der Waals surface area (Å²) >= 11 is 0. The maximum atomic E-state index is 10.8. The molecule has 0 amide bonds. The molecule has 5 heteroatoms. The van der Waals surface area contributed by atoms with Gasteiger partial charge in [0.2, 0.25) is 0 Å². The molecular weight excluding hydrogens is 302 g/mol. The summed E-state index contributed by atoms with van der Waals surface area (Å²) in [4.78, 5) is 2.40. The smallest absolute Gasteiger partial charge is 0.124 e. The summed E-state index contributed by atoms with van der Waals surface area (Å²) in [5.74, 6) is 0.758. The zero-order valence-electron chi connectivity index (χ0n) is 14.6. The number of hydrogen-bond acceptors (Lipinski definition) is 4. The van der Waals surface area contributed by atoms with Crippen molar-refractivity contribution in [3.8, 4) is 5.75 Å². The second-order valence-corrected chi connectivity index (χ2v) is 6.63. The van der Waals surface area contributed by atoms with Crippen LogP contribution < -0.4 is 4.74 Å². The molecule has 3 rings (SSSR count). The predicted octanol–water partition coefficient (Wildman–Crippen LogP) is 2.79. The van der Waals surface area contributed by atoms with E-state index in [1.807, 2.05) is 48.3 Å². The van der Waals surface area contributed by atoms with E-state index in [4.69, 9.17) is 4.74 Å². The summed E-state index contributed by atoms with van der Waals surface area (Å²) in [7, 11) is 1.66. The molecule has 1 aliphatic heterocycles. The normalized spacial score (nSPS) is 20.0. The average Bonchev–Trinajstić information content (AvgIpc) is 3.09. The molecule has 2 heterocycles. The third kappa shape index (κ3) is 3.97. The van der Waals surface area contributed by atoms with Gasteiger partial charge in [0.25, 0.3) is 0 Å². The third-order valence-corrected chi connectivity index (χ3v) is 4.86. The van der Waals surface area contributed by atoms with Gasteiger partial charge in [0.1, 0.15) is 5.75 Å². The van der Waals surface area contributed by atoms with Gasteiger partial charge in [0.05, 0.1) is 19.8 Å². The zero-order chi connectivity index (χ0) is 16.9. The molecule has 2 aromatic rings. The molecule has 2 atom stereocenters. The Balaban J connectivity index is 1.71. The van der Waals surface area contributed by atoms with E-state index < -0.39 is 6.10 Å². The minimum atomic E-state index is -0.543. The maximum absolute atomic E-state index is 10.8. The Morgan fingerprint density at radius 1 is 1.38 bits per heavy atom. The Hall–Kier alpha value is -1.85. The van der Waals surface area contributed by atoms with Crippen LogP contribution in [0.5, 0.6) is 5.75 Å². The van der Waals surface area contributed by atoms with Crippen molar-refractivity contribution in [3.05, 3.63) is 47.8 Å². The van der Waals surface area contributed by atoms with Gasteiger partial charge in [-0.05, 0) is 44.5 Å². The highest BCUT2D eigenvalue weighted by molar-refractivity contribution is 5.38. The van der Waals surface area contributed by atoms with Crippen molar-refractivity contribution in [3.63, 3.8) is 0 Å². The van der Waals surface area contributed by atoms with Crippen LogP contribution in [0.25, 0.3) is 0 Å². The second-order valence-electron chi connectivity index (χ2n) is 6.63. The Bertz CT molecular complexity index is 642. The largest absolute Gasteiger partial charge is 0.496 e. The zero-order valence-corrected chi connectivity index (χ0v) is 14.6. The molecule has 1 fully saturated rings. The lowest BCUT2D eigenvalue weighted by Gasteiger charge is -2.37. The number of aryl methyl sites for hydroxylation is 1. The fourth-order valence-corrected chi connectivity index (χ4v) is 3.57. The molecule has 5 nitrogen and oxygen atoms in total. The van der Waals surface area contributed by atoms with Crippen LogP contribution in [-0.2, 0) is 6.54 Å². The van der Waals surface area contributed by atoms with Gasteiger partial charge in [-0.1, -0.05) is 18.1 Å². The van der Waals surface area contributed by atoms with Crippen LogP contribution in [0.4, 0.5) is 0 Å². The van der Waals surface area contributed by atoms with E-state index >= 15 is 0 Å². The van der Waals surface area contributed by atoms with Crippen molar-refractivity contribution in [1.82, 2.24) is 14.7 Å². The van der Waals surface area contributed by atoms with Crippen molar-refractivity contribution < 1.29 is 9.84 Å². The Kier molecular flexibility index (Phi) is 5.53. The summed E-state index contributed by atoms with van der Waals surface area (Å²) in [5.41, 5.74) is 2.01. The number of aliphatic hydroxyl groups is 1. The van der Waals surface area contributed by atoms with E-state index in [1.54, 1.807) is 7.11 Å². The van der Waals surface area contributed by atoms with Gasteiger partial charge in [-0.25, -0.2) is 0 Å². The Morgan fingerprint density at radius 2 is 2.25 bits per heavy atom. The van der Waals surface area contributed by atoms with Gasteiger partial charge in [-0.2, -0.15) is 5.10 Å². The van der Waals surface area contributed by atoms with Crippen LogP contribution in [-0.4, -0.2) is 46.0 Å². The number of benzene rings is 1. The third-order valence-electron chi connectivity index (χ3n) is 4.86.